The van der Waals surface area contributed by atoms with E-state index in [1.54, 1.807) is 0 Å². The normalized spacial score (nSPS) is 17.6. The summed E-state index contributed by atoms with van der Waals surface area (Å²) in [5, 5.41) is 0. The second kappa shape index (κ2) is 5.55. The molecule has 1 heteroatoms. The number of fused-ring (bicyclic) bond motifs is 2. The van der Waals surface area contributed by atoms with Crippen LogP contribution in [-0.2, 0) is 6.42 Å². The van der Waals surface area contributed by atoms with Gasteiger partial charge in [0, 0.05) is 17.4 Å². The largest absolute Gasteiger partial charge is 0.338 e. The lowest BCUT2D eigenvalue weighted by Gasteiger charge is -2.31. The fourth-order valence-electron chi connectivity index (χ4n) is 3.57. The smallest absolute Gasteiger partial charge is 0.0448 e. The topological polar surface area (TPSA) is 3.24 Å². The third-order valence-corrected chi connectivity index (χ3v) is 4.61. The maximum Gasteiger partial charge on any atom is 0.0448 e. The van der Waals surface area contributed by atoms with Crippen LogP contribution in [0.4, 0.5) is 11.4 Å². The molecule has 0 aliphatic carbocycles. The van der Waals surface area contributed by atoms with E-state index in [1.807, 2.05) is 0 Å². The Morgan fingerprint density at radius 1 is 0.857 bits per heavy atom. The van der Waals surface area contributed by atoms with Crippen LogP contribution in [0.15, 0.2) is 48.5 Å². The van der Waals surface area contributed by atoms with Gasteiger partial charge in [0.1, 0.15) is 0 Å². The molecule has 0 bridgehead atoms. The molecule has 1 nitrogen and oxygen atoms in total. The molecule has 0 N–H and O–H groups in total. The molecule has 2 aromatic rings. The van der Waals surface area contributed by atoms with E-state index >= 15 is 0 Å². The maximum absolute atomic E-state index is 2.51. The summed E-state index contributed by atoms with van der Waals surface area (Å²) in [4.78, 5) is 2.51. The summed E-state index contributed by atoms with van der Waals surface area (Å²) in [5.74, 6) is 1.23. The third-order valence-electron chi connectivity index (χ3n) is 4.61. The zero-order valence-electron chi connectivity index (χ0n) is 13.5. The van der Waals surface area contributed by atoms with E-state index in [0.29, 0.717) is 17.9 Å². The zero-order chi connectivity index (χ0) is 15.0. The van der Waals surface area contributed by atoms with Crippen LogP contribution in [0.1, 0.15) is 44.7 Å². The number of para-hydroxylation sites is 2. The minimum atomic E-state index is 0.457. The van der Waals surface area contributed by atoms with Crippen LogP contribution in [0.3, 0.4) is 0 Å². The first-order valence-corrected chi connectivity index (χ1v) is 8.05. The first kappa shape index (κ1) is 14.2. The molecule has 1 unspecified atom stereocenters. The van der Waals surface area contributed by atoms with Gasteiger partial charge in [-0.05, 0) is 55.4 Å². The van der Waals surface area contributed by atoms with Gasteiger partial charge in [-0.2, -0.15) is 0 Å². The van der Waals surface area contributed by atoms with E-state index in [1.165, 1.54) is 22.5 Å². The van der Waals surface area contributed by atoms with E-state index in [0.717, 1.165) is 6.42 Å². The first-order valence-electron chi connectivity index (χ1n) is 8.05. The number of rotatable bonds is 2. The molecule has 0 amide bonds. The molecule has 1 atom stereocenters. The Morgan fingerprint density at radius 3 is 2.14 bits per heavy atom. The Kier molecular flexibility index (Phi) is 3.75. The molecule has 1 aliphatic rings. The minimum absolute atomic E-state index is 0.457. The molecule has 1 heterocycles. The van der Waals surface area contributed by atoms with Gasteiger partial charge in [0.15, 0.2) is 0 Å². The predicted molar refractivity (Wildman–Crippen MR) is 91.4 cm³/mol. The number of anilines is 2. The Bertz CT molecular complexity index is 627. The van der Waals surface area contributed by atoms with Crippen molar-refractivity contribution in [3.05, 3.63) is 59.7 Å². The summed E-state index contributed by atoms with van der Waals surface area (Å²) in [6.07, 6.45) is 1.13. The van der Waals surface area contributed by atoms with Crippen LogP contribution in [0.25, 0.3) is 0 Å². The highest BCUT2D eigenvalue weighted by Gasteiger charge is 2.29. The van der Waals surface area contributed by atoms with Crippen molar-refractivity contribution in [3.63, 3.8) is 0 Å². The van der Waals surface area contributed by atoms with E-state index < -0.39 is 0 Å². The number of hydrogen-bond donors (Lipinski definition) is 0. The zero-order valence-corrected chi connectivity index (χ0v) is 13.5. The van der Waals surface area contributed by atoms with Crippen LogP contribution in [0.5, 0.6) is 0 Å². The predicted octanol–water partition coefficient (Wildman–Crippen LogP) is 5.53. The summed E-state index contributed by atoms with van der Waals surface area (Å²) in [6, 6.07) is 18.3. The summed E-state index contributed by atoms with van der Waals surface area (Å²) >= 11 is 0. The molecule has 1 aliphatic heterocycles. The van der Waals surface area contributed by atoms with Crippen LogP contribution in [-0.4, -0.2) is 6.04 Å². The van der Waals surface area contributed by atoms with E-state index in [-0.39, 0.29) is 0 Å². The summed E-state index contributed by atoms with van der Waals surface area (Å²) < 4.78 is 0. The molecule has 0 fully saturated rings. The Morgan fingerprint density at radius 2 is 1.48 bits per heavy atom. The molecule has 21 heavy (non-hydrogen) atoms. The van der Waals surface area contributed by atoms with Crippen LogP contribution in [0.2, 0.25) is 0 Å². The average molecular weight is 279 g/mol. The quantitative estimate of drug-likeness (QED) is 0.698. The minimum Gasteiger partial charge on any atom is -0.338 e. The van der Waals surface area contributed by atoms with Crippen molar-refractivity contribution in [3.8, 4) is 0 Å². The van der Waals surface area contributed by atoms with Crippen molar-refractivity contribution in [2.24, 2.45) is 5.92 Å². The van der Waals surface area contributed by atoms with Crippen molar-refractivity contribution < 1.29 is 0 Å². The highest BCUT2D eigenvalue weighted by atomic mass is 15.2. The van der Waals surface area contributed by atoms with Crippen LogP contribution in [0, 0.1) is 5.92 Å². The van der Waals surface area contributed by atoms with Crippen LogP contribution >= 0.6 is 0 Å². The van der Waals surface area contributed by atoms with Gasteiger partial charge in [-0.25, -0.2) is 0 Å². The van der Waals surface area contributed by atoms with Crippen molar-refractivity contribution in [1.82, 2.24) is 0 Å². The molecule has 110 valence electrons. The second-order valence-electron chi connectivity index (χ2n) is 6.71. The lowest BCUT2D eigenvalue weighted by molar-refractivity contribution is 0.498. The molecular formula is C20H25N. The molecule has 0 radical (unpaired) electrons. The SMILES string of the molecule is CC(C)C1Cc2ccccc2N(C(C)C)c2ccccc21. The van der Waals surface area contributed by atoms with Gasteiger partial charge in [0.05, 0.1) is 0 Å². The lowest BCUT2D eigenvalue weighted by Crippen LogP contribution is -2.26. The van der Waals surface area contributed by atoms with E-state index in [4.69, 9.17) is 0 Å². The molecule has 3 rings (SSSR count). The standard InChI is InChI=1S/C20H25N/c1-14(2)18-13-16-9-5-7-11-19(16)21(15(3)4)20-12-8-6-10-17(18)20/h5-12,14-15,18H,13H2,1-4H3. The number of hydrogen-bond acceptors (Lipinski definition) is 1. The third kappa shape index (κ3) is 2.46. The van der Waals surface area contributed by atoms with E-state index in [2.05, 4.69) is 81.1 Å². The molecule has 0 spiro atoms. The maximum atomic E-state index is 2.51. The first-order chi connectivity index (χ1) is 10.1. The van der Waals surface area contributed by atoms with Crippen molar-refractivity contribution in [2.75, 3.05) is 4.90 Å². The Balaban J connectivity index is 2.26. The summed E-state index contributed by atoms with van der Waals surface area (Å²) in [6.45, 7) is 9.25. The fourth-order valence-corrected chi connectivity index (χ4v) is 3.57. The van der Waals surface area contributed by atoms with Crippen LogP contribution < -0.4 is 4.90 Å². The molecule has 0 saturated heterocycles. The van der Waals surface area contributed by atoms with Gasteiger partial charge in [0.25, 0.3) is 0 Å². The summed E-state index contributed by atoms with van der Waals surface area (Å²) in [5.41, 5.74) is 5.73. The van der Waals surface area contributed by atoms with Gasteiger partial charge in [0.2, 0.25) is 0 Å². The van der Waals surface area contributed by atoms with Gasteiger partial charge in [-0.15, -0.1) is 0 Å². The second-order valence-corrected chi connectivity index (χ2v) is 6.71. The molecular weight excluding hydrogens is 254 g/mol. The Hall–Kier alpha value is -1.76. The highest BCUT2D eigenvalue weighted by Crippen LogP contribution is 2.44. The van der Waals surface area contributed by atoms with Crippen molar-refractivity contribution in [2.45, 2.75) is 46.1 Å². The van der Waals surface area contributed by atoms with Gasteiger partial charge < -0.3 is 4.90 Å². The monoisotopic (exact) mass is 279 g/mol. The lowest BCUT2D eigenvalue weighted by atomic mass is 9.83. The van der Waals surface area contributed by atoms with Crippen molar-refractivity contribution >= 4 is 11.4 Å². The number of benzene rings is 2. The van der Waals surface area contributed by atoms with Gasteiger partial charge in [-0.1, -0.05) is 50.2 Å². The van der Waals surface area contributed by atoms with Gasteiger partial charge >= 0.3 is 0 Å². The van der Waals surface area contributed by atoms with E-state index in [9.17, 15) is 0 Å². The fraction of sp³-hybridized carbons (Fsp3) is 0.400. The highest BCUT2D eigenvalue weighted by molar-refractivity contribution is 5.72. The molecule has 0 aromatic heterocycles. The summed E-state index contributed by atoms with van der Waals surface area (Å²) in [7, 11) is 0. The van der Waals surface area contributed by atoms with Crippen molar-refractivity contribution in [1.29, 1.82) is 0 Å². The molecule has 0 saturated carbocycles. The Labute approximate surface area is 128 Å². The molecule has 2 aromatic carbocycles. The average Bonchev–Trinajstić information content (AvgIpc) is 2.61. The van der Waals surface area contributed by atoms with Gasteiger partial charge in [-0.3, -0.25) is 0 Å². The number of nitrogens with zero attached hydrogens (tertiary/aromatic N) is 1.